The van der Waals surface area contributed by atoms with E-state index in [2.05, 4.69) is 21.2 Å². The van der Waals surface area contributed by atoms with Crippen molar-refractivity contribution in [1.29, 1.82) is 0 Å². The van der Waals surface area contributed by atoms with Crippen LogP contribution in [0.5, 0.6) is 0 Å². The lowest BCUT2D eigenvalue weighted by Gasteiger charge is -2.21. The van der Waals surface area contributed by atoms with Crippen LogP contribution < -0.4 is 5.32 Å². The Morgan fingerprint density at radius 2 is 1.88 bits per heavy atom. The molecule has 0 aliphatic heterocycles. The Morgan fingerprint density at radius 1 is 1.16 bits per heavy atom. The molecule has 0 heterocycles. The molecule has 0 spiro atoms. The fourth-order valence-electron chi connectivity index (χ4n) is 2.23. The summed E-state index contributed by atoms with van der Waals surface area (Å²) in [5, 5.41) is 3.05. The van der Waals surface area contributed by atoms with Crippen LogP contribution in [0.15, 0.2) is 53.0 Å². The molecule has 1 unspecified atom stereocenters. The summed E-state index contributed by atoms with van der Waals surface area (Å²) in [6.07, 6.45) is 0. The minimum absolute atomic E-state index is 0.124. The molecule has 0 aliphatic carbocycles. The highest BCUT2D eigenvalue weighted by atomic mass is 79.9. The van der Waals surface area contributed by atoms with Gasteiger partial charge < -0.3 is 10.1 Å². The van der Waals surface area contributed by atoms with Gasteiger partial charge in [-0.1, -0.05) is 65.6 Å². The second kappa shape index (κ2) is 9.02. The van der Waals surface area contributed by atoms with Gasteiger partial charge in [0, 0.05) is 4.47 Å². The van der Waals surface area contributed by atoms with Gasteiger partial charge in [-0.25, -0.2) is 4.79 Å². The van der Waals surface area contributed by atoms with Crippen LogP contribution >= 0.6 is 27.5 Å². The summed E-state index contributed by atoms with van der Waals surface area (Å²) >= 11 is 9.41. The van der Waals surface area contributed by atoms with E-state index in [1.807, 2.05) is 38.1 Å². The molecule has 0 saturated heterocycles. The zero-order valence-electron chi connectivity index (χ0n) is 14.0. The standard InChI is InChI=1S/C19H19BrClNO3/c1-12(2)17(22-18(23)15-8-3-4-9-16(15)21)19(24)25-11-13-6-5-7-14(20)10-13/h3-10,12,17H,11H2,1-2H3,(H,22,23). The molecule has 2 aromatic carbocycles. The van der Waals surface area contributed by atoms with Crippen LogP contribution in [0.3, 0.4) is 0 Å². The number of rotatable bonds is 6. The summed E-state index contributed by atoms with van der Waals surface area (Å²) in [4.78, 5) is 24.8. The SMILES string of the molecule is CC(C)C(NC(=O)c1ccccc1Cl)C(=O)OCc1cccc(Br)c1. The van der Waals surface area contributed by atoms with Gasteiger partial charge in [-0.3, -0.25) is 4.79 Å². The van der Waals surface area contributed by atoms with Crippen molar-refractivity contribution in [1.82, 2.24) is 5.32 Å². The zero-order valence-corrected chi connectivity index (χ0v) is 16.3. The van der Waals surface area contributed by atoms with E-state index in [0.29, 0.717) is 10.6 Å². The number of amides is 1. The number of halogens is 2. The van der Waals surface area contributed by atoms with Crippen molar-refractivity contribution in [3.63, 3.8) is 0 Å². The smallest absolute Gasteiger partial charge is 0.329 e. The molecule has 4 nitrogen and oxygen atoms in total. The van der Waals surface area contributed by atoms with Crippen molar-refractivity contribution >= 4 is 39.4 Å². The van der Waals surface area contributed by atoms with Gasteiger partial charge in [0.25, 0.3) is 5.91 Å². The number of carbonyl (C=O) groups excluding carboxylic acids is 2. The van der Waals surface area contributed by atoms with Crippen LogP contribution in [0.25, 0.3) is 0 Å². The third-order valence-electron chi connectivity index (χ3n) is 3.60. The second-order valence-corrected chi connectivity index (χ2v) is 7.24. The predicted molar refractivity (Wildman–Crippen MR) is 101 cm³/mol. The maximum atomic E-state index is 12.4. The topological polar surface area (TPSA) is 55.4 Å². The molecule has 0 fully saturated rings. The normalized spacial score (nSPS) is 11.9. The van der Waals surface area contributed by atoms with Crippen molar-refractivity contribution in [2.45, 2.75) is 26.5 Å². The van der Waals surface area contributed by atoms with E-state index in [0.717, 1.165) is 10.0 Å². The van der Waals surface area contributed by atoms with Crippen LogP contribution in [0.4, 0.5) is 0 Å². The summed E-state index contributed by atoms with van der Waals surface area (Å²) in [5.41, 5.74) is 1.19. The Balaban J connectivity index is 2.03. The van der Waals surface area contributed by atoms with E-state index in [-0.39, 0.29) is 12.5 Å². The monoisotopic (exact) mass is 423 g/mol. The number of hydrogen-bond donors (Lipinski definition) is 1. The fourth-order valence-corrected chi connectivity index (χ4v) is 2.90. The largest absolute Gasteiger partial charge is 0.459 e. The number of nitrogens with one attached hydrogen (secondary N) is 1. The molecule has 1 N–H and O–H groups in total. The first-order valence-electron chi connectivity index (χ1n) is 7.85. The Morgan fingerprint density at radius 3 is 2.52 bits per heavy atom. The molecular formula is C19H19BrClNO3. The van der Waals surface area contributed by atoms with Gasteiger partial charge >= 0.3 is 5.97 Å². The molecule has 6 heteroatoms. The van der Waals surface area contributed by atoms with Crippen LogP contribution in [0.1, 0.15) is 29.8 Å². The average Bonchev–Trinajstić information content (AvgIpc) is 2.57. The zero-order chi connectivity index (χ0) is 18.4. The van der Waals surface area contributed by atoms with E-state index in [1.54, 1.807) is 24.3 Å². The molecule has 2 rings (SSSR count). The number of benzene rings is 2. The van der Waals surface area contributed by atoms with Crippen molar-refractivity contribution in [3.05, 3.63) is 69.2 Å². The highest BCUT2D eigenvalue weighted by molar-refractivity contribution is 9.10. The van der Waals surface area contributed by atoms with E-state index in [4.69, 9.17) is 16.3 Å². The second-order valence-electron chi connectivity index (χ2n) is 5.91. The first kappa shape index (κ1) is 19.5. The van der Waals surface area contributed by atoms with E-state index < -0.39 is 17.9 Å². The Kier molecular flexibility index (Phi) is 7.02. The lowest BCUT2D eigenvalue weighted by atomic mass is 10.0. The molecule has 132 valence electrons. The minimum atomic E-state index is -0.754. The molecule has 0 saturated carbocycles. The van der Waals surface area contributed by atoms with Crippen molar-refractivity contribution in [2.75, 3.05) is 0 Å². The van der Waals surface area contributed by atoms with Gasteiger partial charge in [0.15, 0.2) is 0 Å². The average molecular weight is 425 g/mol. The number of carbonyl (C=O) groups is 2. The number of esters is 1. The highest BCUT2D eigenvalue weighted by Crippen LogP contribution is 2.16. The van der Waals surface area contributed by atoms with Gasteiger partial charge in [0.1, 0.15) is 12.6 Å². The van der Waals surface area contributed by atoms with Crippen molar-refractivity contribution in [3.8, 4) is 0 Å². The fraction of sp³-hybridized carbons (Fsp3) is 0.263. The summed E-state index contributed by atoms with van der Waals surface area (Å²) in [6.45, 7) is 3.83. The van der Waals surface area contributed by atoms with E-state index >= 15 is 0 Å². The third kappa shape index (κ3) is 5.58. The molecule has 2 aromatic rings. The maximum Gasteiger partial charge on any atom is 0.329 e. The van der Waals surface area contributed by atoms with Gasteiger partial charge in [-0.2, -0.15) is 0 Å². The third-order valence-corrected chi connectivity index (χ3v) is 4.42. The summed E-state index contributed by atoms with van der Waals surface area (Å²) in [6, 6.07) is 13.5. The van der Waals surface area contributed by atoms with Crippen molar-refractivity contribution in [2.24, 2.45) is 5.92 Å². The predicted octanol–water partition coefficient (Wildman–Crippen LogP) is 4.60. The number of hydrogen-bond acceptors (Lipinski definition) is 3. The Labute approximate surface area is 160 Å². The summed E-state index contributed by atoms with van der Waals surface area (Å²) < 4.78 is 6.28. The van der Waals surface area contributed by atoms with E-state index in [1.165, 1.54) is 0 Å². The maximum absolute atomic E-state index is 12.4. The molecular weight excluding hydrogens is 406 g/mol. The number of ether oxygens (including phenoxy) is 1. The van der Waals surface area contributed by atoms with Gasteiger partial charge in [-0.15, -0.1) is 0 Å². The molecule has 0 bridgehead atoms. The Hall–Kier alpha value is -1.85. The van der Waals surface area contributed by atoms with Gasteiger partial charge in [-0.05, 0) is 35.7 Å². The van der Waals surface area contributed by atoms with Crippen LogP contribution in [0, 0.1) is 5.92 Å². The molecule has 1 amide bonds. The lowest BCUT2D eigenvalue weighted by molar-refractivity contribution is -0.148. The summed E-state index contributed by atoms with van der Waals surface area (Å²) in [5.74, 6) is -1.000. The summed E-state index contributed by atoms with van der Waals surface area (Å²) in [7, 11) is 0. The quantitative estimate of drug-likeness (QED) is 0.690. The lowest BCUT2D eigenvalue weighted by Crippen LogP contribution is -2.45. The van der Waals surface area contributed by atoms with Crippen LogP contribution in [-0.2, 0) is 16.1 Å². The van der Waals surface area contributed by atoms with Crippen molar-refractivity contribution < 1.29 is 14.3 Å². The molecule has 0 aliphatic rings. The van der Waals surface area contributed by atoms with Gasteiger partial charge in [0.2, 0.25) is 0 Å². The highest BCUT2D eigenvalue weighted by Gasteiger charge is 2.26. The first-order valence-corrected chi connectivity index (χ1v) is 9.02. The van der Waals surface area contributed by atoms with E-state index in [9.17, 15) is 9.59 Å². The molecule has 25 heavy (non-hydrogen) atoms. The molecule has 0 radical (unpaired) electrons. The van der Waals surface area contributed by atoms with Gasteiger partial charge in [0.05, 0.1) is 10.6 Å². The van der Waals surface area contributed by atoms with Crippen LogP contribution in [0.2, 0.25) is 5.02 Å². The van der Waals surface area contributed by atoms with Crippen LogP contribution in [-0.4, -0.2) is 17.9 Å². The molecule has 1 atom stereocenters. The first-order chi connectivity index (χ1) is 11.9. The Bertz CT molecular complexity index is 764. The minimum Gasteiger partial charge on any atom is -0.459 e. The molecule has 0 aromatic heterocycles.